The molecular formula is C15H12F2N4O. The average Bonchev–Trinajstić information content (AvgIpc) is 2.91. The van der Waals surface area contributed by atoms with Gasteiger partial charge >= 0.3 is 0 Å². The molecule has 0 aliphatic carbocycles. The van der Waals surface area contributed by atoms with Gasteiger partial charge in [-0.05, 0) is 24.1 Å². The van der Waals surface area contributed by atoms with Crippen LogP contribution in [0.5, 0.6) is 5.88 Å². The van der Waals surface area contributed by atoms with E-state index in [2.05, 4.69) is 10.2 Å². The van der Waals surface area contributed by atoms with E-state index in [0.717, 1.165) is 17.8 Å². The van der Waals surface area contributed by atoms with Gasteiger partial charge in [0.25, 0.3) is 0 Å². The van der Waals surface area contributed by atoms with Crippen LogP contribution in [-0.4, -0.2) is 10.2 Å². The van der Waals surface area contributed by atoms with E-state index in [0.29, 0.717) is 17.5 Å². The number of hydrogen-bond acceptors (Lipinski definition) is 4. The normalized spacial score (nSPS) is 16.9. The summed E-state index contributed by atoms with van der Waals surface area (Å²) in [5.74, 6) is -2.41. The van der Waals surface area contributed by atoms with Gasteiger partial charge in [-0.25, -0.2) is 8.78 Å². The molecule has 1 aliphatic heterocycles. The smallest absolute Gasteiger partial charge is 0.244 e. The van der Waals surface area contributed by atoms with Crippen molar-refractivity contribution in [3.05, 3.63) is 58.1 Å². The summed E-state index contributed by atoms with van der Waals surface area (Å²) in [6.07, 6.45) is 0.616. The van der Waals surface area contributed by atoms with Gasteiger partial charge in [-0.2, -0.15) is 5.26 Å². The van der Waals surface area contributed by atoms with Crippen LogP contribution in [-0.2, 0) is 6.42 Å². The summed E-state index contributed by atoms with van der Waals surface area (Å²) in [5, 5.41) is 16.2. The summed E-state index contributed by atoms with van der Waals surface area (Å²) in [5.41, 5.74) is 7.71. The van der Waals surface area contributed by atoms with E-state index >= 15 is 0 Å². The number of nitrogens with two attached hydrogens (primary N) is 1. The number of fused-ring (bicyclic) bond motifs is 1. The number of allylic oxidation sites excluding steroid dienone is 1. The van der Waals surface area contributed by atoms with Gasteiger partial charge in [0.1, 0.15) is 11.6 Å². The van der Waals surface area contributed by atoms with Crippen LogP contribution in [0.4, 0.5) is 8.78 Å². The number of H-pyrrole nitrogens is 1. The molecule has 1 aromatic carbocycles. The Morgan fingerprint density at radius 1 is 1.41 bits per heavy atom. The molecule has 22 heavy (non-hydrogen) atoms. The number of aromatic nitrogens is 2. The number of halogens is 2. The number of nitrogens with one attached hydrogen (secondary N) is 1. The third-order valence-corrected chi connectivity index (χ3v) is 3.65. The Labute approximate surface area is 125 Å². The fourth-order valence-electron chi connectivity index (χ4n) is 2.60. The molecule has 0 amide bonds. The van der Waals surface area contributed by atoms with Crippen LogP contribution in [0, 0.1) is 23.0 Å². The SMILES string of the molecule is CCc1[nH]nc2c1C(c1ccc(F)c(F)c1)C(C#N)=C(N)O2. The predicted octanol–water partition coefficient (Wildman–Crippen LogP) is 2.47. The monoisotopic (exact) mass is 302 g/mol. The molecule has 7 heteroatoms. The highest BCUT2D eigenvalue weighted by Gasteiger charge is 2.35. The first-order valence-corrected chi connectivity index (χ1v) is 6.66. The van der Waals surface area contributed by atoms with Gasteiger partial charge in [-0.15, -0.1) is 5.10 Å². The molecule has 0 fully saturated rings. The Kier molecular flexibility index (Phi) is 3.29. The van der Waals surface area contributed by atoms with Crippen LogP contribution in [0.2, 0.25) is 0 Å². The Hall–Kier alpha value is -2.88. The van der Waals surface area contributed by atoms with E-state index in [9.17, 15) is 14.0 Å². The fraction of sp³-hybridized carbons (Fsp3) is 0.200. The van der Waals surface area contributed by atoms with Gasteiger partial charge < -0.3 is 10.5 Å². The standard InChI is InChI=1S/C15H12F2N4O/c1-2-11-13-12(7-3-4-9(16)10(17)5-7)8(6-18)14(19)22-15(13)21-20-11/h3-5,12H,2,19H2,1H3,(H,20,21). The second kappa shape index (κ2) is 5.15. The van der Waals surface area contributed by atoms with Crippen molar-refractivity contribution >= 4 is 0 Å². The number of rotatable bonds is 2. The zero-order valence-corrected chi connectivity index (χ0v) is 11.7. The minimum absolute atomic E-state index is 0.0844. The van der Waals surface area contributed by atoms with Crippen molar-refractivity contribution in [2.24, 2.45) is 5.73 Å². The van der Waals surface area contributed by atoms with Crippen LogP contribution in [0.15, 0.2) is 29.7 Å². The maximum Gasteiger partial charge on any atom is 0.244 e. The molecule has 0 saturated carbocycles. The van der Waals surface area contributed by atoms with Crippen molar-refractivity contribution in [2.45, 2.75) is 19.3 Å². The fourth-order valence-corrected chi connectivity index (χ4v) is 2.60. The molecule has 0 spiro atoms. The molecule has 0 bridgehead atoms. The van der Waals surface area contributed by atoms with Gasteiger partial charge in [-0.1, -0.05) is 13.0 Å². The van der Waals surface area contributed by atoms with E-state index in [1.165, 1.54) is 6.07 Å². The summed E-state index contributed by atoms with van der Waals surface area (Å²) >= 11 is 0. The molecule has 1 aromatic heterocycles. The van der Waals surface area contributed by atoms with Crippen LogP contribution in [0.1, 0.15) is 29.7 Å². The lowest BCUT2D eigenvalue weighted by atomic mass is 9.83. The molecule has 3 rings (SSSR count). The number of aromatic amines is 1. The van der Waals surface area contributed by atoms with Crippen molar-refractivity contribution in [1.29, 1.82) is 5.26 Å². The Morgan fingerprint density at radius 2 is 2.18 bits per heavy atom. The third-order valence-electron chi connectivity index (χ3n) is 3.65. The number of hydrogen-bond donors (Lipinski definition) is 2. The number of ether oxygens (including phenoxy) is 1. The van der Waals surface area contributed by atoms with Crippen LogP contribution < -0.4 is 10.5 Å². The summed E-state index contributed by atoms with van der Waals surface area (Å²) in [7, 11) is 0. The second-order valence-electron chi connectivity index (χ2n) is 4.87. The largest absolute Gasteiger partial charge is 0.420 e. The van der Waals surface area contributed by atoms with Crippen molar-refractivity contribution in [3.63, 3.8) is 0 Å². The first kappa shape index (κ1) is 14.1. The van der Waals surface area contributed by atoms with Gasteiger partial charge in [0, 0.05) is 11.3 Å². The van der Waals surface area contributed by atoms with Gasteiger partial charge in [0.05, 0.1) is 5.92 Å². The van der Waals surface area contributed by atoms with Gasteiger partial charge in [0.2, 0.25) is 11.8 Å². The molecule has 1 unspecified atom stereocenters. The lowest BCUT2D eigenvalue weighted by Gasteiger charge is -2.24. The maximum atomic E-state index is 13.6. The molecule has 3 N–H and O–H groups in total. The highest BCUT2D eigenvalue weighted by Crippen LogP contribution is 2.43. The molecule has 112 valence electrons. The lowest BCUT2D eigenvalue weighted by molar-refractivity contribution is 0.378. The van der Waals surface area contributed by atoms with Crippen molar-refractivity contribution in [2.75, 3.05) is 0 Å². The van der Waals surface area contributed by atoms with E-state index in [1.807, 2.05) is 13.0 Å². The first-order chi connectivity index (χ1) is 10.6. The zero-order chi connectivity index (χ0) is 15.9. The number of nitriles is 1. The van der Waals surface area contributed by atoms with E-state index in [1.54, 1.807) is 0 Å². The average molecular weight is 302 g/mol. The Morgan fingerprint density at radius 3 is 2.82 bits per heavy atom. The highest BCUT2D eigenvalue weighted by atomic mass is 19.2. The Balaban J connectivity index is 2.24. The summed E-state index contributed by atoms with van der Waals surface area (Å²) in [6.45, 7) is 1.91. The quantitative estimate of drug-likeness (QED) is 0.892. The Bertz CT molecular complexity index is 819. The highest BCUT2D eigenvalue weighted by molar-refractivity contribution is 5.55. The number of nitrogens with zero attached hydrogens (tertiary/aromatic N) is 2. The van der Waals surface area contributed by atoms with E-state index < -0.39 is 17.6 Å². The predicted molar refractivity (Wildman–Crippen MR) is 73.6 cm³/mol. The topological polar surface area (TPSA) is 87.7 Å². The molecule has 1 aliphatic rings. The molecular weight excluding hydrogens is 290 g/mol. The second-order valence-corrected chi connectivity index (χ2v) is 4.87. The van der Waals surface area contributed by atoms with E-state index in [4.69, 9.17) is 10.5 Å². The molecule has 0 radical (unpaired) electrons. The van der Waals surface area contributed by atoms with Gasteiger partial charge in [0.15, 0.2) is 11.6 Å². The van der Waals surface area contributed by atoms with Crippen molar-refractivity contribution in [3.8, 4) is 11.9 Å². The van der Waals surface area contributed by atoms with Crippen LogP contribution >= 0.6 is 0 Å². The summed E-state index contributed by atoms with van der Waals surface area (Å²) < 4.78 is 32.1. The maximum absolute atomic E-state index is 13.6. The minimum Gasteiger partial charge on any atom is -0.420 e. The van der Waals surface area contributed by atoms with Crippen LogP contribution in [0.3, 0.4) is 0 Å². The van der Waals surface area contributed by atoms with Crippen molar-refractivity contribution in [1.82, 2.24) is 10.2 Å². The van der Waals surface area contributed by atoms with Gasteiger partial charge in [-0.3, -0.25) is 5.10 Å². The first-order valence-electron chi connectivity index (χ1n) is 6.66. The molecule has 5 nitrogen and oxygen atoms in total. The van der Waals surface area contributed by atoms with E-state index in [-0.39, 0.29) is 17.3 Å². The minimum atomic E-state index is -0.983. The zero-order valence-electron chi connectivity index (χ0n) is 11.7. The van der Waals surface area contributed by atoms with Crippen LogP contribution in [0.25, 0.3) is 0 Å². The number of benzene rings is 1. The lowest BCUT2D eigenvalue weighted by Crippen LogP contribution is -2.21. The molecule has 2 heterocycles. The summed E-state index contributed by atoms with van der Waals surface area (Å²) in [6, 6.07) is 5.50. The molecule has 0 saturated heterocycles. The molecule has 1 atom stereocenters. The molecule has 2 aromatic rings. The van der Waals surface area contributed by atoms with Crippen molar-refractivity contribution < 1.29 is 13.5 Å². The third kappa shape index (κ3) is 2.00. The number of aryl methyl sites for hydroxylation is 1. The summed E-state index contributed by atoms with van der Waals surface area (Å²) in [4.78, 5) is 0.